The highest BCUT2D eigenvalue weighted by Crippen LogP contribution is 2.28. The zero-order chi connectivity index (χ0) is 11.5. The first-order chi connectivity index (χ1) is 6.95. The number of halogens is 2. The van der Waals surface area contributed by atoms with Gasteiger partial charge in [-0.15, -0.1) is 0 Å². The Morgan fingerprint density at radius 2 is 1.93 bits per heavy atom. The molecule has 1 aromatic rings. The SMILES string of the molecule is CCCCc1ccc(C(C)(F)F)cc1C. The first-order valence-corrected chi connectivity index (χ1v) is 5.43. The summed E-state index contributed by atoms with van der Waals surface area (Å²) in [7, 11) is 0. The second kappa shape index (κ2) is 4.73. The maximum atomic E-state index is 13.0. The average molecular weight is 212 g/mol. The normalized spacial score (nSPS) is 11.8. The average Bonchev–Trinajstić information content (AvgIpc) is 2.14. The van der Waals surface area contributed by atoms with E-state index >= 15 is 0 Å². The zero-order valence-electron chi connectivity index (χ0n) is 9.61. The van der Waals surface area contributed by atoms with Crippen molar-refractivity contribution in [2.24, 2.45) is 0 Å². The van der Waals surface area contributed by atoms with Crippen molar-refractivity contribution in [2.75, 3.05) is 0 Å². The third-order valence-corrected chi connectivity index (χ3v) is 2.65. The molecule has 0 spiro atoms. The monoisotopic (exact) mass is 212 g/mol. The highest BCUT2D eigenvalue weighted by molar-refractivity contribution is 5.33. The summed E-state index contributed by atoms with van der Waals surface area (Å²) in [6.45, 7) is 4.97. The van der Waals surface area contributed by atoms with Crippen LogP contribution in [0.3, 0.4) is 0 Å². The number of hydrogen-bond donors (Lipinski definition) is 0. The van der Waals surface area contributed by atoms with Crippen LogP contribution >= 0.6 is 0 Å². The van der Waals surface area contributed by atoms with Crippen molar-refractivity contribution in [1.29, 1.82) is 0 Å². The Bertz CT molecular complexity index is 324. The van der Waals surface area contributed by atoms with Gasteiger partial charge >= 0.3 is 0 Å². The molecule has 0 fully saturated rings. The lowest BCUT2D eigenvalue weighted by Crippen LogP contribution is -2.07. The number of unbranched alkanes of at least 4 members (excludes halogenated alkanes) is 1. The molecule has 0 saturated heterocycles. The molecule has 0 atom stereocenters. The van der Waals surface area contributed by atoms with E-state index in [4.69, 9.17) is 0 Å². The van der Waals surface area contributed by atoms with Gasteiger partial charge in [-0.2, -0.15) is 0 Å². The Labute approximate surface area is 90.3 Å². The summed E-state index contributed by atoms with van der Waals surface area (Å²) < 4.78 is 26.0. The van der Waals surface area contributed by atoms with Crippen LogP contribution in [0.15, 0.2) is 18.2 Å². The van der Waals surface area contributed by atoms with Crippen LogP contribution < -0.4 is 0 Å². The predicted molar refractivity (Wildman–Crippen MR) is 59.4 cm³/mol. The predicted octanol–water partition coefficient (Wildman–Crippen LogP) is 4.45. The minimum Gasteiger partial charge on any atom is -0.202 e. The van der Waals surface area contributed by atoms with Gasteiger partial charge in [0, 0.05) is 12.5 Å². The fourth-order valence-corrected chi connectivity index (χ4v) is 1.62. The summed E-state index contributed by atoms with van der Waals surface area (Å²) in [5.74, 6) is -2.73. The molecule has 1 rings (SSSR count). The highest BCUT2D eigenvalue weighted by Gasteiger charge is 2.24. The first kappa shape index (κ1) is 12.2. The second-order valence-corrected chi connectivity index (χ2v) is 4.13. The minimum absolute atomic E-state index is 0.111. The Balaban J connectivity index is 2.88. The summed E-state index contributed by atoms with van der Waals surface area (Å²) in [4.78, 5) is 0. The Morgan fingerprint density at radius 1 is 1.27 bits per heavy atom. The minimum atomic E-state index is -2.73. The van der Waals surface area contributed by atoms with Crippen LogP contribution in [0.4, 0.5) is 8.78 Å². The van der Waals surface area contributed by atoms with Crippen LogP contribution in [0, 0.1) is 6.92 Å². The van der Waals surface area contributed by atoms with Gasteiger partial charge in [0.05, 0.1) is 0 Å². The lowest BCUT2D eigenvalue weighted by atomic mass is 9.98. The molecule has 0 bridgehead atoms. The van der Waals surface area contributed by atoms with Crippen molar-refractivity contribution in [3.8, 4) is 0 Å². The Hall–Kier alpha value is -0.920. The van der Waals surface area contributed by atoms with E-state index in [1.165, 1.54) is 11.6 Å². The van der Waals surface area contributed by atoms with Crippen molar-refractivity contribution in [3.63, 3.8) is 0 Å². The van der Waals surface area contributed by atoms with Crippen LogP contribution in [0.2, 0.25) is 0 Å². The summed E-state index contributed by atoms with van der Waals surface area (Å²) in [5, 5.41) is 0. The third kappa shape index (κ3) is 3.29. The van der Waals surface area contributed by atoms with Gasteiger partial charge in [-0.25, -0.2) is 8.78 Å². The molecule has 0 amide bonds. The molecular weight excluding hydrogens is 194 g/mol. The van der Waals surface area contributed by atoms with Crippen LogP contribution in [0.5, 0.6) is 0 Å². The topological polar surface area (TPSA) is 0 Å². The van der Waals surface area contributed by atoms with Gasteiger partial charge in [0.25, 0.3) is 5.92 Å². The van der Waals surface area contributed by atoms with Gasteiger partial charge < -0.3 is 0 Å². The molecule has 0 radical (unpaired) electrons. The third-order valence-electron chi connectivity index (χ3n) is 2.65. The van der Waals surface area contributed by atoms with E-state index in [0.717, 1.165) is 31.7 Å². The molecule has 0 aliphatic rings. The van der Waals surface area contributed by atoms with Gasteiger partial charge in [0.15, 0.2) is 0 Å². The number of aryl methyl sites for hydroxylation is 2. The van der Waals surface area contributed by atoms with Gasteiger partial charge in [0.1, 0.15) is 0 Å². The summed E-state index contributed by atoms with van der Waals surface area (Å²) >= 11 is 0. The zero-order valence-corrected chi connectivity index (χ0v) is 9.61. The number of benzene rings is 1. The Morgan fingerprint density at radius 3 is 2.40 bits per heavy atom. The lowest BCUT2D eigenvalue weighted by molar-refractivity contribution is 0.0174. The molecular formula is C13H18F2. The smallest absolute Gasteiger partial charge is 0.202 e. The molecule has 0 N–H and O–H groups in total. The van der Waals surface area contributed by atoms with Gasteiger partial charge in [-0.1, -0.05) is 25.5 Å². The van der Waals surface area contributed by atoms with E-state index in [9.17, 15) is 8.78 Å². The van der Waals surface area contributed by atoms with Crippen molar-refractivity contribution in [1.82, 2.24) is 0 Å². The van der Waals surface area contributed by atoms with Gasteiger partial charge in [0.2, 0.25) is 0 Å². The van der Waals surface area contributed by atoms with Crippen LogP contribution in [0.25, 0.3) is 0 Å². The maximum absolute atomic E-state index is 13.0. The number of alkyl halides is 2. The number of hydrogen-bond acceptors (Lipinski definition) is 0. The molecule has 0 aromatic heterocycles. The van der Waals surface area contributed by atoms with E-state index in [2.05, 4.69) is 6.92 Å². The Kier molecular flexibility index (Phi) is 3.83. The number of rotatable bonds is 4. The van der Waals surface area contributed by atoms with E-state index in [1.54, 1.807) is 6.07 Å². The summed E-state index contributed by atoms with van der Waals surface area (Å²) in [5.41, 5.74) is 2.27. The molecule has 0 unspecified atom stereocenters. The molecule has 0 heterocycles. The molecule has 0 nitrogen and oxygen atoms in total. The van der Waals surface area contributed by atoms with Crippen LogP contribution in [-0.2, 0) is 12.3 Å². The van der Waals surface area contributed by atoms with Crippen molar-refractivity contribution >= 4 is 0 Å². The summed E-state index contributed by atoms with van der Waals surface area (Å²) in [6.07, 6.45) is 3.23. The quantitative estimate of drug-likeness (QED) is 0.691. The fourth-order valence-electron chi connectivity index (χ4n) is 1.62. The van der Waals surface area contributed by atoms with Gasteiger partial charge in [-0.3, -0.25) is 0 Å². The van der Waals surface area contributed by atoms with Crippen molar-refractivity contribution in [3.05, 3.63) is 34.9 Å². The standard InChI is InChI=1S/C13H18F2/c1-4-5-6-11-7-8-12(9-10(11)2)13(3,14)15/h7-9H,4-6H2,1-3H3. The molecule has 0 saturated carbocycles. The second-order valence-electron chi connectivity index (χ2n) is 4.13. The molecule has 84 valence electrons. The molecule has 1 aromatic carbocycles. The van der Waals surface area contributed by atoms with Crippen molar-refractivity contribution in [2.45, 2.75) is 46.0 Å². The van der Waals surface area contributed by atoms with Crippen LogP contribution in [-0.4, -0.2) is 0 Å². The fraction of sp³-hybridized carbons (Fsp3) is 0.538. The molecule has 0 aliphatic heterocycles. The highest BCUT2D eigenvalue weighted by atomic mass is 19.3. The molecule has 2 heteroatoms. The van der Waals surface area contributed by atoms with E-state index in [1.807, 2.05) is 13.0 Å². The molecule has 0 aliphatic carbocycles. The molecule has 15 heavy (non-hydrogen) atoms. The van der Waals surface area contributed by atoms with Crippen LogP contribution in [0.1, 0.15) is 43.4 Å². The largest absolute Gasteiger partial charge is 0.270 e. The summed E-state index contributed by atoms with van der Waals surface area (Å²) in [6, 6.07) is 4.97. The van der Waals surface area contributed by atoms with Crippen molar-refractivity contribution < 1.29 is 8.78 Å². The van der Waals surface area contributed by atoms with E-state index < -0.39 is 5.92 Å². The van der Waals surface area contributed by atoms with E-state index in [-0.39, 0.29) is 5.56 Å². The van der Waals surface area contributed by atoms with E-state index in [0.29, 0.717) is 0 Å². The lowest BCUT2D eigenvalue weighted by Gasteiger charge is -2.13. The van der Waals surface area contributed by atoms with Gasteiger partial charge in [-0.05, 0) is 37.0 Å². The maximum Gasteiger partial charge on any atom is 0.270 e. The first-order valence-electron chi connectivity index (χ1n) is 5.43.